The Bertz CT molecular complexity index is 1540. The minimum Gasteiger partial charge on any atom is -0.494 e. The average Bonchev–Trinajstić information content (AvgIpc) is 3.36. The first-order chi connectivity index (χ1) is 19.6. The number of nitriles is 1. The summed E-state index contributed by atoms with van der Waals surface area (Å²) in [6.45, 7) is 2.03. The zero-order chi connectivity index (χ0) is 29.3. The van der Waals surface area contributed by atoms with E-state index in [1.165, 1.54) is 12.1 Å². The second-order valence-corrected chi connectivity index (χ2v) is 9.94. The number of nitrogens with zero attached hydrogens (tertiary/aromatic N) is 7. The van der Waals surface area contributed by atoms with Crippen LogP contribution >= 0.6 is 0 Å². The molecule has 5 rings (SSSR count). The number of alkyl halides is 3. The smallest absolute Gasteiger partial charge is 0.450 e. The van der Waals surface area contributed by atoms with E-state index in [2.05, 4.69) is 31.2 Å². The highest BCUT2D eigenvalue weighted by Gasteiger charge is 2.40. The van der Waals surface area contributed by atoms with E-state index in [-0.39, 0.29) is 53.8 Å². The number of likely N-dealkylation sites (N-methyl/N-ethyl adjacent to an activating group) is 1. The van der Waals surface area contributed by atoms with Gasteiger partial charge in [-0.1, -0.05) is 6.07 Å². The van der Waals surface area contributed by atoms with Crippen molar-refractivity contribution in [2.45, 2.75) is 37.5 Å². The van der Waals surface area contributed by atoms with Crippen molar-refractivity contribution >= 4 is 16.9 Å². The second kappa shape index (κ2) is 11.5. The molecule has 0 spiro atoms. The topological polar surface area (TPSA) is 121 Å². The summed E-state index contributed by atoms with van der Waals surface area (Å²) in [6.07, 6.45) is -3.15. The molecule has 3 aromatic rings. The van der Waals surface area contributed by atoms with Gasteiger partial charge in [0.05, 0.1) is 19.6 Å². The Kier molecular flexibility index (Phi) is 7.96. The number of piperazine rings is 1. The Morgan fingerprint density at radius 1 is 1.20 bits per heavy atom. The van der Waals surface area contributed by atoms with E-state index in [0.29, 0.717) is 13.1 Å². The molecule has 4 heterocycles. The third-order valence-corrected chi connectivity index (χ3v) is 7.30. The van der Waals surface area contributed by atoms with Crippen molar-refractivity contribution in [3.8, 4) is 23.5 Å². The summed E-state index contributed by atoms with van der Waals surface area (Å²) in [6, 6.07) is 5.05. The maximum absolute atomic E-state index is 15.0. The summed E-state index contributed by atoms with van der Waals surface area (Å²) in [5, 5.41) is 12.4. The number of ether oxygens (including phenoxy) is 2. The number of anilines is 1. The zero-order valence-electron chi connectivity index (χ0n) is 22.4. The lowest BCUT2D eigenvalue weighted by atomic mass is 10.1. The van der Waals surface area contributed by atoms with Gasteiger partial charge in [0.2, 0.25) is 5.82 Å². The molecule has 0 bridgehead atoms. The van der Waals surface area contributed by atoms with Crippen LogP contribution in [0.15, 0.2) is 23.0 Å². The normalized spacial score (nSPS) is 19.9. The predicted octanol–water partition coefficient (Wildman–Crippen LogP) is 2.51. The molecule has 41 heavy (non-hydrogen) atoms. The highest BCUT2D eigenvalue weighted by Crippen LogP contribution is 2.35. The van der Waals surface area contributed by atoms with Gasteiger partial charge in [-0.15, -0.1) is 0 Å². The van der Waals surface area contributed by atoms with Crippen LogP contribution in [0.2, 0.25) is 0 Å². The van der Waals surface area contributed by atoms with E-state index in [1.54, 1.807) is 4.90 Å². The number of fused-ring (bicyclic) bond motifs is 1. The van der Waals surface area contributed by atoms with Gasteiger partial charge in [0.1, 0.15) is 23.6 Å². The quantitative estimate of drug-likeness (QED) is 0.420. The number of methoxy groups -OCH3 is 1. The lowest BCUT2D eigenvalue weighted by molar-refractivity contribution is -0.146. The van der Waals surface area contributed by atoms with Crippen LogP contribution < -0.4 is 25.2 Å². The van der Waals surface area contributed by atoms with E-state index in [0.717, 1.165) is 32.6 Å². The van der Waals surface area contributed by atoms with Crippen molar-refractivity contribution in [2.24, 2.45) is 0 Å². The zero-order valence-corrected chi connectivity index (χ0v) is 22.4. The number of nitrogens with one attached hydrogen (secondary N) is 1. The van der Waals surface area contributed by atoms with E-state index < -0.39 is 40.1 Å². The van der Waals surface area contributed by atoms with Crippen LogP contribution in [-0.2, 0) is 6.18 Å². The molecule has 0 aliphatic carbocycles. The van der Waals surface area contributed by atoms with Gasteiger partial charge in [-0.25, -0.2) is 13.9 Å². The maximum atomic E-state index is 15.0. The largest absolute Gasteiger partial charge is 0.494 e. The van der Waals surface area contributed by atoms with E-state index in [9.17, 15) is 23.2 Å². The minimum absolute atomic E-state index is 0.0375. The molecular formula is C26H28F4N8O3. The molecule has 15 heteroatoms. The summed E-state index contributed by atoms with van der Waals surface area (Å²) in [7, 11) is 3.10. The van der Waals surface area contributed by atoms with Crippen molar-refractivity contribution in [2.75, 3.05) is 51.8 Å². The van der Waals surface area contributed by atoms with Crippen molar-refractivity contribution in [1.29, 1.82) is 5.26 Å². The van der Waals surface area contributed by atoms with Gasteiger partial charge < -0.3 is 24.6 Å². The molecule has 0 saturated carbocycles. The molecule has 2 aromatic heterocycles. The molecule has 218 valence electrons. The van der Waals surface area contributed by atoms with Crippen molar-refractivity contribution in [1.82, 2.24) is 29.7 Å². The van der Waals surface area contributed by atoms with Gasteiger partial charge in [0, 0.05) is 31.7 Å². The molecule has 2 aliphatic heterocycles. The molecule has 1 N–H and O–H groups in total. The molecule has 1 aromatic carbocycles. The van der Waals surface area contributed by atoms with Gasteiger partial charge in [-0.3, -0.25) is 4.79 Å². The van der Waals surface area contributed by atoms with Crippen LogP contribution in [0.4, 0.5) is 23.4 Å². The maximum Gasteiger partial charge on any atom is 0.450 e. The fraction of sp³-hybridized carbons (Fsp3) is 0.500. The van der Waals surface area contributed by atoms with Gasteiger partial charge in [0.15, 0.2) is 17.2 Å². The van der Waals surface area contributed by atoms with Crippen molar-refractivity contribution in [3.05, 3.63) is 40.2 Å². The standard InChI is InChI=1S/C26H28F4N8O3/c1-36-11-4-5-16(36)14-41-25-34-20-19(22(35-25)37-12-10-32-15(13-37)8-9-31)33-24(26(28,29)30)38(23(20)39)21-17(27)6-3-7-18(21)40-2/h3,6-7,15-16,32H,4-5,8,10-14H2,1-2H3/t15-,16-/m0/s1. The number of likely N-dealkylation sites (tertiary alicyclic amines) is 1. The summed E-state index contributed by atoms with van der Waals surface area (Å²) >= 11 is 0. The molecule has 2 aliphatic rings. The minimum atomic E-state index is -5.16. The number of hydrogen-bond acceptors (Lipinski definition) is 10. The summed E-state index contributed by atoms with van der Waals surface area (Å²) < 4.78 is 69.5. The number of halogens is 4. The summed E-state index contributed by atoms with van der Waals surface area (Å²) in [5.74, 6) is -3.11. The van der Waals surface area contributed by atoms with Crippen LogP contribution in [0.25, 0.3) is 16.7 Å². The molecular weight excluding hydrogens is 548 g/mol. The fourth-order valence-electron chi connectivity index (χ4n) is 5.22. The van der Waals surface area contributed by atoms with Crippen LogP contribution in [0.5, 0.6) is 11.8 Å². The molecule has 11 nitrogen and oxygen atoms in total. The van der Waals surface area contributed by atoms with Crippen LogP contribution in [0.3, 0.4) is 0 Å². The molecule has 2 saturated heterocycles. The highest BCUT2D eigenvalue weighted by atomic mass is 19.4. The Hall–Kier alpha value is -4.03. The van der Waals surface area contributed by atoms with Crippen LogP contribution in [0, 0.1) is 17.1 Å². The van der Waals surface area contributed by atoms with Crippen LogP contribution in [0.1, 0.15) is 25.1 Å². The van der Waals surface area contributed by atoms with Gasteiger partial charge in [0.25, 0.3) is 5.56 Å². The van der Waals surface area contributed by atoms with E-state index >= 15 is 4.39 Å². The monoisotopic (exact) mass is 576 g/mol. The Labute approximate surface area is 232 Å². The van der Waals surface area contributed by atoms with Crippen molar-refractivity contribution in [3.63, 3.8) is 0 Å². The Balaban J connectivity index is 1.74. The Morgan fingerprint density at radius 2 is 2.00 bits per heavy atom. The number of aromatic nitrogens is 4. The number of benzene rings is 1. The third-order valence-electron chi connectivity index (χ3n) is 7.30. The summed E-state index contributed by atoms with van der Waals surface area (Å²) in [5.41, 5.74) is -2.88. The SMILES string of the molecule is COc1cccc(F)c1-n1c(C(F)(F)F)nc2c(N3CCN[C@@H](CC#N)C3)nc(OC[C@@H]3CCCN3C)nc2c1=O. The second-order valence-electron chi connectivity index (χ2n) is 9.94. The summed E-state index contributed by atoms with van der Waals surface area (Å²) in [4.78, 5) is 30.1. The first kappa shape index (κ1) is 28.5. The van der Waals surface area contributed by atoms with E-state index in [4.69, 9.17) is 9.47 Å². The molecule has 2 atom stereocenters. The molecule has 2 fully saturated rings. The van der Waals surface area contributed by atoms with Gasteiger partial charge in [-0.05, 0) is 38.6 Å². The molecule has 0 amide bonds. The predicted molar refractivity (Wildman–Crippen MR) is 140 cm³/mol. The molecule has 0 unspecified atom stereocenters. The van der Waals surface area contributed by atoms with Gasteiger partial charge >= 0.3 is 12.2 Å². The highest BCUT2D eigenvalue weighted by molar-refractivity contribution is 5.86. The third kappa shape index (κ3) is 5.62. The van der Waals surface area contributed by atoms with Gasteiger partial charge in [-0.2, -0.15) is 28.4 Å². The fourth-order valence-corrected chi connectivity index (χ4v) is 5.22. The van der Waals surface area contributed by atoms with Crippen molar-refractivity contribution < 1.29 is 27.0 Å². The lowest BCUT2D eigenvalue weighted by Crippen LogP contribution is -2.51. The number of rotatable bonds is 7. The first-order valence-corrected chi connectivity index (χ1v) is 13.1. The Morgan fingerprint density at radius 3 is 2.68 bits per heavy atom. The molecule has 0 radical (unpaired) electrons. The first-order valence-electron chi connectivity index (χ1n) is 13.1. The number of para-hydroxylation sites is 1. The average molecular weight is 577 g/mol. The lowest BCUT2D eigenvalue weighted by Gasteiger charge is -2.34. The van der Waals surface area contributed by atoms with E-state index in [1.807, 2.05) is 7.05 Å². The van der Waals surface area contributed by atoms with Crippen LogP contribution in [-0.4, -0.2) is 83.4 Å². The number of hydrogen-bond donors (Lipinski definition) is 1.